The number of carbonyl (C=O) groups is 1. The Bertz CT molecular complexity index is 1050. The van der Waals surface area contributed by atoms with Crippen molar-refractivity contribution in [2.75, 3.05) is 0 Å². The molecule has 30 heavy (non-hydrogen) atoms. The van der Waals surface area contributed by atoms with Gasteiger partial charge in [-0.1, -0.05) is 6.07 Å². The van der Waals surface area contributed by atoms with Crippen LogP contribution in [0.5, 0.6) is 0 Å². The van der Waals surface area contributed by atoms with Crippen LogP contribution in [-0.4, -0.2) is 20.4 Å². The fourth-order valence-corrected chi connectivity index (χ4v) is 2.75. The number of aryl methyl sites for hydroxylation is 1. The third-order valence-corrected chi connectivity index (χ3v) is 4.37. The van der Waals surface area contributed by atoms with Crippen molar-refractivity contribution in [3.05, 3.63) is 71.4 Å². The number of hydrogen-bond acceptors (Lipinski definition) is 3. The second kappa shape index (κ2) is 7.85. The van der Waals surface area contributed by atoms with Crippen LogP contribution in [0.1, 0.15) is 34.2 Å². The van der Waals surface area contributed by atoms with Gasteiger partial charge in [0.15, 0.2) is 0 Å². The van der Waals surface area contributed by atoms with Crippen molar-refractivity contribution in [2.45, 2.75) is 25.6 Å². The van der Waals surface area contributed by atoms with Gasteiger partial charge in [-0.3, -0.25) is 14.8 Å². The molecule has 1 N–H and O–H groups in total. The van der Waals surface area contributed by atoms with Gasteiger partial charge in [0.25, 0.3) is 11.8 Å². The molecule has 0 fully saturated rings. The maximum absolute atomic E-state index is 13.4. The molecular weight excluding hydrogens is 407 g/mol. The summed E-state index contributed by atoms with van der Waals surface area (Å²) in [6, 6.07) is 6.57. The number of carbonyl (C=O) groups excluding carboxylic acids is 1. The first kappa shape index (κ1) is 21.4. The number of halogens is 5. The van der Waals surface area contributed by atoms with E-state index in [4.69, 9.17) is 0 Å². The molecule has 3 aromatic rings. The molecule has 1 amide bonds. The molecule has 0 saturated heterocycles. The molecule has 0 atom stereocenters. The molecule has 10 heteroatoms. The minimum absolute atomic E-state index is 0.0687. The van der Waals surface area contributed by atoms with E-state index in [9.17, 15) is 26.7 Å². The molecule has 0 aliphatic heterocycles. The van der Waals surface area contributed by atoms with Crippen LogP contribution in [-0.2, 0) is 25.7 Å². The van der Waals surface area contributed by atoms with Crippen LogP contribution in [0.2, 0.25) is 0 Å². The summed E-state index contributed by atoms with van der Waals surface area (Å²) in [4.78, 5) is 19.7. The second-order valence-electron chi connectivity index (χ2n) is 6.78. The van der Waals surface area contributed by atoms with E-state index in [1.54, 1.807) is 6.07 Å². The molecule has 0 bridgehead atoms. The summed E-state index contributed by atoms with van der Waals surface area (Å²) in [5.41, 5.74) is -0.0468. The van der Waals surface area contributed by atoms with E-state index in [1.165, 1.54) is 36.1 Å². The molecule has 0 aromatic carbocycles. The Morgan fingerprint density at radius 2 is 1.83 bits per heavy atom. The smallest absolute Gasteiger partial charge is 0.347 e. The molecule has 0 saturated carbocycles. The number of amides is 1. The van der Waals surface area contributed by atoms with Crippen LogP contribution in [0.4, 0.5) is 22.0 Å². The van der Waals surface area contributed by atoms with Gasteiger partial charge in [0.1, 0.15) is 11.4 Å². The number of rotatable bonds is 5. The third-order valence-electron chi connectivity index (χ3n) is 4.37. The third kappa shape index (κ3) is 4.81. The lowest BCUT2D eigenvalue weighted by molar-refractivity contribution is -0.141. The zero-order chi connectivity index (χ0) is 22.1. The van der Waals surface area contributed by atoms with Crippen molar-refractivity contribution in [1.29, 1.82) is 0 Å². The van der Waals surface area contributed by atoms with Gasteiger partial charge in [0, 0.05) is 50.2 Å². The van der Waals surface area contributed by atoms with E-state index >= 15 is 0 Å². The molecule has 3 aromatic heterocycles. The fraction of sp³-hybridized carbons (Fsp3) is 0.250. The van der Waals surface area contributed by atoms with Crippen LogP contribution in [0.3, 0.4) is 0 Å². The molecule has 158 valence electrons. The Morgan fingerprint density at radius 3 is 2.40 bits per heavy atom. The van der Waals surface area contributed by atoms with Crippen LogP contribution in [0.15, 0.2) is 48.9 Å². The largest absolute Gasteiger partial charge is 0.433 e. The summed E-state index contributed by atoms with van der Waals surface area (Å²) in [7, 11) is 1.49. The quantitative estimate of drug-likeness (QED) is 0.612. The van der Waals surface area contributed by atoms with Gasteiger partial charge < -0.3 is 9.88 Å². The van der Waals surface area contributed by atoms with Crippen LogP contribution in [0.25, 0.3) is 11.3 Å². The van der Waals surface area contributed by atoms with Gasteiger partial charge in [0.2, 0.25) is 0 Å². The van der Waals surface area contributed by atoms with Crippen molar-refractivity contribution in [1.82, 2.24) is 19.9 Å². The van der Waals surface area contributed by atoms with E-state index in [2.05, 4.69) is 15.3 Å². The van der Waals surface area contributed by atoms with Crippen LogP contribution in [0, 0.1) is 0 Å². The Balaban J connectivity index is 1.68. The lowest BCUT2D eigenvalue weighted by Gasteiger charge is -2.09. The summed E-state index contributed by atoms with van der Waals surface area (Å²) < 4.78 is 66.5. The number of pyridine rings is 2. The van der Waals surface area contributed by atoms with Crippen molar-refractivity contribution < 1.29 is 26.7 Å². The molecule has 0 radical (unpaired) electrons. The van der Waals surface area contributed by atoms with E-state index in [0.29, 0.717) is 11.3 Å². The topological polar surface area (TPSA) is 59.8 Å². The maximum atomic E-state index is 13.4. The maximum Gasteiger partial charge on any atom is 0.433 e. The zero-order valence-electron chi connectivity index (χ0n) is 16.0. The molecule has 0 aliphatic carbocycles. The molecular formula is C20H17F5N4O. The Labute approximate surface area is 168 Å². The van der Waals surface area contributed by atoms with Gasteiger partial charge in [-0.05, 0) is 29.8 Å². The lowest BCUT2D eigenvalue weighted by atomic mass is 10.1. The van der Waals surface area contributed by atoms with E-state index < -0.39 is 23.7 Å². The van der Waals surface area contributed by atoms with Crippen LogP contribution >= 0.6 is 0 Å². The van der Waals surface area contributed by atoms with Crippen molar-refractivity contribution in [2.24, 2.45) is 7.05 Å². The summed E-state index contributed by atoms with van der Waals surface area (Å²) >= 11 is 0. The SMILES string of the molecule is Cn1cc(C(C)(F)F)cc1C(=O)NCc1ccc(-c2ccnc(C(F)(F)F)c2)nc1. The van der Waals surface area contributed by atoms with Crippen molar-refractivity contribution in [3.63, 3.8) is 0 Å². The van der Waals surface area contributed by atoms with Gasteiger partial charge in [-0.15, -0.1) is 0 Å². The normalized spacial score (nSPS) is 12.1. The predicted molar refractivity (Wildman–Crippen MR) is 98.6 cm³/mol. The second-order valence-corrected chi connectivity index (χ2v) is 6.78. The summed E-state index contributed by atoms with van der Waals surface area (Å²) in [5, 5.41) is 2.61. The van der Waals surface area contributed by atoms with Crippen molar-refractivity contribution >= 4 is 5.91 Å². The molecule has 0 aliphatic rings. The van der Waals surface area contributed by atoms with E-state index in [-0.39, 0.29) is 23.4 Å². The minimum atomic E-state index is -4.56. The monoisotopic (exact) mass is 424 g/mol. The number of aromatic nitrogens is 3. The standard InChI is InChI=1S/C20H17F5N4O/c1-19(21,22)14-8-16(29(2)11-14)18(30)28-10-12-3-4-15(27-9-12)13-5-6-26-17(7-13)20(23,24)25/h3-9,11H,10H2,1-2H3,(H,28,30). The molecule has 3 heterocycles. The fourth-order valence-electron chi connectivity index (χ4n) is 2.75. The average Bonchev–Trinajstić information content (AvgIpc) is 3.08. The summed E-state index contributed by atoms with van der Waals surface area (Å²) in [6.45, 7) is 0.816. The Kier molecular flexibility index (Phi) is 5.60. The molecule has 0 unspecified atom stereocenters. The number of nitrogens with zero attached hydrogens (tertiary/aromatic N) is 3. The van der Waals surface area contributed by atoms with Gasteiger partial charge in [0.05, 0.1) is 5.69 Å². The first-order valence-electron chi connectivity index (χ1n) is 8.76. The number of alkyl halides is 5. The highest BCUT2D eigenvalue weighted by molar-refractivity contribution is 5.93. The highest BCUT2D eigenvalue weighted by Gasteiger charge is 2.32. The van der Waals surface area contributed by atoms with E-state index in [0.717, 1.165) is 25.3 Å². The Morgan fingerprint density at radius 1 is 1.10 bits per heavy atom. The first-order valence-corrected chi connectivity index (χ1v) is 8.76. The number of nitrogens with one attached hydrogen (secondary N) is 1. The molecule has 3 rings (SSSR count). The molecule has 5 nitrogen and oxygen atoms in total. The van der Waals surface area contributed by atoms with Gasteiger partial charge in [-0.2, -0.15) is 13.2 Å². The highest BCUT2D eigenvalue weighted by atomic mass is 19.4. The minimum Gasteiger partial charge on any atom is -0.347 e. The van der Waals surface area contributed by atoms with Crippen LogP contribution < -0.4 is 5.32 Å². The molecule has 0 spiro atoms. The first-order chi connectivity index (χ1) is 13.9. The predicted octanol–water partition coefficient (Wildman–Crippen LogP) is 4.54. The van der Waals surface area contributed by atoms with Gasteiger partial charge >= 0.3 is 6.18 Å². The zero-order valence-corrected chi connectivity index (χ0v) is 16.0. The van der Waals surface area contributed by atoms with Gasteiger partial charge in [-0.25, -0.2) is 8.78 Å². The summed E-state index contributed by atoms with van der Waals surface area (Å²) in [6.07, 6.45) is -0.893. The number of hydrogen-bond donors (Lipinski definition) is 1. The average molecular weight is 424 g/mol. The van der Waals surface area contributed by atoms with E-state index in [1.807, 2.05) is 0 Å². The van der Waals surface area contributed by atoms with Crippen molar-refractivity contribution in [3.8, 4) is 11.3 Å². The lowest BCUT2D eigenvalue weighted by Crippen LogP contribution is -2.24. The summed E-state index contributed by atoms with van der Waals surface area (Å²) in [5.74, 6) is -3.60. The Hall–Kier alpha value is -3.30. The highest BCUT2D eigenvalue weighted by Crippen LogP contribution is 2.30.